The van der Waals surface area contributed by atoms with Gasteiger partial charge in [0.1, 0.15) is 16.8 Å². The molecule has 2 N–H and O–H groups in total. The van der Waals surface area contributed by atoms with Crippen molar-refractivity contribution in [1.82, 2.24) is 9.97 Å². The molecule has 6 heteroatoms. The number of rotatable bonds is 2. The lowest BCUT2D eigenvalue weighted by atomic mass is 9.90. The van der Waals surface area contributed by atoms with Crippen molar-refractivity contribution in [1.29, 1.82) is 0 Å². The van der Waals surface area contributed by atoms with Gasteiger partial charge < -0.3 is 14.5 Å². The lowest BCUT2D eigenvalue weighted by Crippen LogP contribution is -2.35. The molecule has 0 unspecified atom stereocenters. The minimum absolute atomic E-state index is 0.0436. The molecule has 0 amide bonds. The monoisotopic (exact) mass is 290 g/mol. The maximum absolute atomic E-state index is 9.46. The molecule has 2 heterocycles. The average molecular weight is 290 g/mol. The van der Waals surface area contributed by atoms with Crippen LogP contribution in [0.5, 0.6) is 0 Å². The van der Waals surface area contributed by atoms with Crippen molar-refractivity contribution in [2.75, 3.05) is 0 Å². The maximum Gasteiger partial charge on any atom is 0.528 e. The zero-order valence-corrected chi connectivity index (χ0v) is 11.5. The highest BCUT2D eigenvalue weighted by atomic mass is 16.4. The molecule has 0 aliphatic carbocycles. The number of aromatic nitrogens is 2. The van der Waals surface area contributed by atoms with Gasteiger partial charge in [-0.15, -0.1) is 0 Å². The minimum Gasteiger partial charge on any atom is -0.452 e. The number of nitrogens with zero attached hydrogens (tertiary/aromatic N) is 2. The van der Waals surface area contributed by atoms with Crippen molar-refractivity contribution in [3.8, 4) is 11.3 Å². The van der Waals surface area contributed by atoms with Gasteiger partial charge in [-0.2, -0.15) is 0 Å². The summed E-state index contributed by atoms with van der Waals surface area (Å²) in [6.07, 6.45) is 0. The third kappa shape index (κ3) is 1.97. The van der Waals surface area contributed by atoms with E-state index < -0.39 is 7.12 Å². The van der Waals surface area contributed by atoms with Crippen molar-refractivity contribution < 1.29 is 14.5 Å². The Balaban J connectivity index is 2.14. The van der Waals surface area contributed by atoms with E-state index in [0.29, 0.717) is 22.4 Å². The molecule has 0 saturated carbocycles. The van der Waals surface area contributed by atoms with Crippen molar-refractivity contribution in [2.24, 2.45) is 0 Å². The van der Waals surface area contributed by atoms with E-state index in [9.17, 15) is 10.0 Å². The first-order valence-electron chi connectivity index (χ1n) is 6.85. The second-order valence-electron chi connectivity index (χ2n) is 4.95. The van der Waals surface area contributed by atoms with Crippen LogP contribution in [0.2, 0.25) is 0 Å². The maximum atomic E-state index is 9.46. The highest BCUT2D eigenvalue weighted by molar-refractivity contribution is 6.56. The van der Waals surface area contributed by atoms with Crippen molar-refractivity contribution in [2.45, 2.75) is 0 Å². The molecule has 106 valence electrons. The molecule has 4 rings (SSSR count). The summed E-state index contributed by atoms with van der Waals surface area (Å²) < 4.78 is 5.88. The number of hydrogen-bond donors (Lipinski definition) is 2. The van der Waals surface area contributed by atoms with Crippen LogP contribution in [0, 0.1) is 0 Å². The number of furan rings is 1. The van der Waals surface area contributed by atoms with Gasteiger partial charge in [0.05, 0.1) is 0 Å². The molecule has 0 spiro atoms. The molecule has 22 heavy (non-hydrogen) atoms. The fourth-order valence-corrected chi connectivity index (χ4v) is 2.52. The van der Waals surface area contributed by atoms with E-state index >= 15 is 0 Å². The summed E-state index contributed by atoms with van der Waals surface area (Å²) in [5.41, 5.74) is 3.14. The Bertz CT molecular complexity index is 967. The molecule has 5 nitrogen and oxygen atoms in total. The van der Waals surface area contributed by atoms with Gasteiger partial charge >= 0.3 is 7.12 Å². The van der Waals surface area contributed by atoms with Gasteiger partial charge in [-0.3, -0.25) is 0 Å². The first-order chi connectivity index (χ1) is 10.7. The zero-order valence-electron chi connectivity index (χ0n) is 11.5. The predicted molar refractivity (Wildman–Crippen MR) is 84.6 cm³/mol. The van der Waals surface area contributed by atoms with Crippen LogP contribution in [0.1, 0.15) is 0 Å². The van der Waals surface area contributed by atoms with Crippen LogP contribution in [0.15, 0.2) is 59.0 Å². The van der Waals surface area contributed by atoms with E-state index in [-0.39, 0.29) is 5.72 Å². The van der Waals surface area contributed by atoms with Crippen molar-refractivity contribution in [3.05, 3.63) is 54.6 Å². The molecule has 0 aliphatic rings. The number of benzene rings is 2. The van der Waals surface area contributed by atoms with Gasteiger partial charge in [-0.05, 0) is 12.1 Å². The molecular weight excluding hydrogens is 279 g/mol. The van der Waals surface area contributed by atoms with E-state index in [0.717, 1.165) is 10.9 Å². The molecule has 0 atom stereocenters. The van der Waals surface area contributed by atoms with Gasteiger partial charge in [0, 0.05) is 10.9 Å². The van der Waals surface area contributed by atoms with Crippen LogP contribution in [0.4, 0.5) is 0 Å². The summed E-state index contributed by atoms with van der Waals surface area (Å²) in [5.74, 6) is 0. The van der Waals surface area contributed by atoms with Gasteiger partial charge in [0.2, 0.25) is 0 Å². The van der Waals surface area contributed by atoms with Crippen molar-refractivity contribution >= 4 is 34.9 Å². The smallest absolute Gasteiger partial charge is 0.452 e. The van der Waals surface area contributed by atoms with E-state index in [1.165, 1.54) is 0 Å². The zero-order chi connectivity index (χ0) is 15.1. The lowest BCUT2D eigenvalue weighted by Gasteiger charge is -2.04. The Morgan fingerprint density at radius 3 is 2.36 bits per heavy atom. The summed E-state index contributed by atoms with van der Waals surface area (Å²) in [4.78, 5) is 8.51. The van der Waals surface area contributed by atoms with Crippen LogP contribution in [0.3, 0.4) is 0 Å². The molecule has 2 aromatic carbocycles. The Morgan fingerprint density at radius 2 is 1.59 bits per heavy atom. The molecule has 0 fully saturated rings. The van der Waals surface area contributed by atoms with E-state index in [1.54, 1.807) is 0 Å². The summed E-state index contributed by atoms with van der Waals surface area (Å²) >= 11 is 0. The second-order valence-corrected chi connectivity index (χ2v) is 4.95. The summed E-state index contributed by atoms with van der Waals surface area (Å²) in [6, 6.07) is 17.0. The topological polar surface area (TPSA) is 79.4 Å². The largest absolute Gasteiger partial charge is 0.528 e. The van der Waals surface area contributed by atoms with Crippen LogP contribution >= 0.6 is 0 Å². The molecule has 0 aliphatic heterocycles. The second kappa shape index (κ2) is 4.94. The van der Waals surface area contributed by atoms with Crippen LogP contribution < -0.4 is 5.72 Å². The van der Waals surface area contributed by atoms with Crippen LogP contribution in [-0.2, 0) is 0 Å². The third-order valence-corrected chi connectivity index (χ3v) is 3.52. The minimum atomic E-state index is -1.74. The Hall–Kier alpha value is -2.70. The Kier molecular flexibility index (Phi) is 2.92. The summed E-state index contributed by atoms with van der Waals surface area (Å²) in [5, 5.41) is 19.7. The molecule has 2 aromatic heterocycles. The standard InChI is InChI=1S/C16H11BN2O3/c20-17(21)16-18-13(10-6-2-1-3-7-10)15-14(19-16)11-8-4-5-9-12(11)22-15/h1-9,20-21H. The Morgan fingerprint density at radius 1 is 0.864 bits per heavy atom. The molecule has 0 bridgehead atoms. The highest BCUT2D eigenvalue weighted by Gasteiger charge is 2.22. The molecule has 0 radical (unpaired) electrons. The summed E-state index contributed by atoms with van der Waals surface area (Å²) in [6.45, 7) is 0. The molecule has 0 saturated heterocycles. The van der Waals surface area contributed by atoms with Gasteiger partial charge in [0.25, 0.3) is 0 Å². The average Bonchev–Trinajstić information content (AvgIpc) is 2.93. The van der Waals surface area contributed by atoms with Crippen LogP contribution in [0.25, 0.3) is 33.3 Å². The number of para-hydroxylation sites is 1. The normalized spacial score (nSPS) is 11.2. The fourth-order valence-electron chi connectivity index (χ4n) is 2.52. The van der Waals surface area contributed by atoms with E-state index in [1.807, 2.05) is 54.6 Å². The van der Waals surface area contributed by atoms with E-state index in [4.69, 9.17) is 4.42 Å². The predicted octanol–water partition coefficient (Wildman–Crippen LogP) is 1.72. The Labute approximate surface area is 126 Å². The first kappa shape index (κ1) is 13.0. The number of fused-ring (bicyclic) bond motifs is 3. The quantitative estimate of drug-likeness (QED) is 0.549. The fraction of sp³-hybridized carbons (Fsp3) is 0. The number of hydrogen-bond acceptors (Lipinski definition) is 5. The van der Waals surface area contributed by atoms with Crippen molar-refractivity contribution in [3.63, 3.8) is 0 Å². The summed E-state index contributed by atoms with van der Waals surface area (Å²) in [7, 11) is -1.74. The first-order valence-corrected chi connectivity index (χ1v) is 6.85. The third-order valence-electron chi connectivity index (χ3n) is 3.52. The van der Waals surface area contributed by atoms with Gasteiger partial charge in [-0.1, -0.05) is 42.5 Å². The molecular formula is C16H11BN2O3. The SMILES string of the molecule is OB(O)c1nc(-c2ccccc2)c2oc3ccccc3c2n1. The lowest BCUT2D eigenvalue weighted by molar-refractivity contribution is 0.422. The molecule has 4 aromatic rings. The van der Waals surface area contributed by atoms with Gasteiger partial charge in [0.15, 0.2) is 11.3 Å². The van der Waals surface area contributed by atoms with Crippen LogP contribution in [-0.4, -0.2) is 27.1 Å². The van der Waals surface area contributed by atoms with Gasteiger partial charge in [-0.25, -0.2) is 9.97 Å². The van der Waals surface area contributed by atoms with E-state index in [2.05, 4.69) is 9.97 Å². The highest BCUT2D eigenvalue weighted by Crippen LogP contribution is 2.32.